The molecule has 2 rings (SSSR count). The molecule has 1 aromatic carbocycles. The first-order valence-corrected chi connectivity index (χ1v) is 12.3. The van der Waals surface area contributed by atoms with Gasteiger partial charge in [0.1, 0.15) is 11.7 Å². The third-order valence-corrected chi connectivity index (χ3v) is 6.52. The molecule has 1 fully saturated rings. The van der Waals surface area contributed by atoms with E-state index in [-0.39, 0.29) is 11.6 Å². The molecule has 194 valence electrons. The van der Waals surface area contributed by atoms with Gasteiger partial charge in [-0.05, 0) is 67.8 Å². The number of carbonyl (C=O) groups is 2. The highest BCUT2D eigenvalue weighted by molar-refractivity contribution is 6.04. The van der Waals surface area contributed by atoms with Crippen LogP contribution in [0.4, 0.5) is 8.78 Å². The SMILES string of the molecule is CCC1CCC/C(=C(\N=C(C)c2ccc(F)c(F)c2)C(=O)N[C@H](C(=O)NC)C(C)(C)C)CN(C)C1. The van der Waals surface area contributed by atoms with Crippen molar-refractivity contribution in [3.63, 3.8) is 0 Å². The van der Waals surface area contributed by atoms with Gasteiger partial charge in [-0.25, -0.2) is 13.8 Å². The summed E-state index contributed by atoms with van der Waals surface area (Å²) in [4.78, 5) is 33.0. The van der Waals surface area contributed by atoms with Crippen LogP contribution in [0, 0.1) is 23.0 Å². The molecule has 0 spiro atoms. The molecule has 1 saturated heterocycles. The van der Waals surface area contributed by atoms with Crippen LogP contribution in [0.15, 0.2) is 34.5 Å². The van der Waals surface area contributed by atoms with Gasteiger partial charge < -0.3 is 15.5 Å². The lowest BCUT2D eigenvalue weighted by atomic mass is 9.86. The van der Waals surface area contributed by atoms with Gasteiger partial charge in [-0.3, -0.25) is 9.59 Å². The Morgan fingerprint density at radius 3 is 2.49 bits per heavy atom. The van der Waals surface area contributed by atoms with Crippen LogP contribution < -0.4 is 10.6 Å². The first-order chi connectivity index (χ1) is 16.4. The van der Waals surface area contributed by atoms with E-state index < -0.39 is 29.0 Å². The zero-order chi connectivity index (χ0) is 26.3. The Hall–Kier alpha value is -2.61. The van der Waals surface area contributed by atoms with Crippen LogP contribution in [0.3, 0.4) is 0 Å². The number of carbonyl (C=O) groups excluding carboxylic acids is 2. The van der Waals surface area contributed by atoms with Gasteiger partial charge >= 0.3 is 0 Å². The van der Waals surface area contributed by atoms with Crippen molar-refractivity contribution in [3.8, 4) is 0 Å². The summed E-state index contributed by atoms with van der Waals surface area (Å²) in [5.74, 6) is -2.06. The summed E-state index contributed by atoms with van der Waals surface area (Å²) in [5.41, 5.74) is 1.35. The molecule has 6 nitrogen and oxygen atoms in total. The first kappa shape index (κ1) is 28.6. The average Bonchev–Trinajstić information content (AvgIpc) is 2.78. The summed E-state index contributed by atoms with van der Waals surface area (Å²) in [6.07, 6.45) is 3.77. The highest BCUT2D eigenvalue weighted by atomic mass is 19.2. The minimum atomic E-state index is -0.973. The van der Waals surface area contributed by atoms with E-state index in [1.807, 2.05) is 27.8 Å². The van der Waals surface area contributed by atoms with E-state index in [1.165, 1.54) is 13.1 Å². The van der Waals surface area contributed by atoms with Gasteiger partial charge in [-0.2, -0.15) is 0 Å². The molecule has 2 N–H and O–H groups in total. The van der Waals surface area contributed by atoms with Gasteiger partial charge in [0.2, 0.25) is 5.91 Å². The number of amides is 2. The molecule has 1 unspecified atom stereocenters. The quantitative estimate of drug-likeness (QED) is 0.457. The fraction of sp³-hybridized carbons (Fsp3) is 0.593. The maximum Gasteiger partial charge on any atom is 0.270 e. The molecule has 1 aliphatic heterocycles. The summed E-state index contributed by atoms with van der Waals surface area (Å²) in [7, 11) is 3.56. The summed E-state index contributed by atoms with van der Waals surface area (Å²) >= 11 is 0. The molecular weight excluding hydrogens is 450 g/mol. The number of rotatable bonds is 6. The number of hydrogen-bond acceptors (Lipinski definition) is 4. The lowest BCUT2D eigenvalue weighted by molar-refractivity contribution is -0.129. The van der Waals surface area contributed by atoms with Gasteiger partial charge in [0.15, 0.2) is 11.6 Å². The van der Waals surface area contributed by atoms with Crippen molar-refractivity contribution in [1.29, 1.82) is 0 Å². The topological polar surface area (TPSA) is 73.8 Å². The number of likely N-dealkylation sites (N-methyl/N-ethyl adjacent to an activating group) is 2. The second-order valence-electron chi connectivity index (χ2n) is 10.5. The Kier molecular flexibility index (Phi) is 10.1. The van der Waals surface area contributed by atoms with Gasteiger partial charge in [0.25, 0.3) is 5.91 Å². The summed E-state index contributed by atoms with van der Waals surface area (Å²) in [6.45, 7) is 11.0. The smallest absolute Gasteiger partial charge is 0.270 e. The Morgan fingerprint density at radius 2 is 1.91 bits per heavy atom. The van der Waals surface area contributed by atoms with Crippen molar-refractivity contribution in [1.82, 2.24) is 15.5 Å². The van der Waals surface area contributed by atoms with E-state index in [1.54, 1.807) is 6.92 Å². The van der Waals surface area contributed by atoms with Crippen LogP contribution >= 0.6 is 0 Å². The molecule has 35 heavy (non-hydrogen) atoms. The number of hydrogen-bond donors (Lipinski definition) is 2. The summed E-state index contributed by atoms with van der Waals surface area (Å²) in [6, 6.07) is 2.79. The number of aliphatic imine (C=N–C) groups is 1. The van der Waals surface area contributed by atoms with Crippen molar-refractivity contribution in [3.05, 3.63) is 46.7 Å². The Morgan fingerprint density at radius 1 is 1.23 bits per heavy atom. The van der Waals surface area contributed by atoms with Crippen molar-refractivity contribution >= 4 is 17.5 Å². The Balaban J connectivity index is 2.54. The summed E-state index contributed by atoms with van der Waals surface area (Å²) < 4.78 is 27.3. The normalized spacial score (nSPS) is 20.5. The first-order valence-electron chi connectivity index (χ1n) is 12.3. The molecule has 1 heterocycles. The van der Waals surface area contributed by atoms with Crippen LogP contribution in [0.5, 0.6) is 0 Å². The molecule has 0 aliphatic carbocycles. The van der Waals surface area contributed by atoms with E-state index in [0.717, 1.165) is 43.5 Å². The molecule has 0 saturated carbocycles. The molecule has 0 aromatic heterocycles. The van der Waals surface area contributed by atoms with E-state index in [9.17, 15) is 18.4 Å². The van der Waals surface area contributed by atoms with Crippen LogP contribution in [0.2, 0.25) is 0 Å². The lowest BCUT2D eigenvalue weighted by Crippen LogP contribution is -2.53. The van der Waals surface area contributed by atoms with Crippen molar-refractivity contribution in [2.24, 2.45) is 16.3 Å². The summed E-state index contributed by atoms with van der Waals surface area (Å²) in [5, 5.41) is 5.50. The molecule has 8 heteroatoms. The molecule has 1 aromatic rings. The van der Waals surface area contributed by atoms with Gasteiger partial charge in [-0.1, -0.05) is 40.2 Å². The van der Waals surface area contributed by atoms with E-state index >= 15 is 0 Å². The highest BCUT2D eigenvalue weighted by Crippen LogP contribution is 2.26. The predicted octanol–water partition coefficient (Wildman–Crippen LogP) is 4.45. The number of nitrogens with one attached hydrogen (secondary N) is 2. The third-order valence-electron chi connectivity index (χ3n) is 6.52. The molecular formula is C27H40F2N4O2. The van der Waals surface area contributed by atoms with Crippen LogP contribution in [0.1, 0.15) is 65.9 Å². The van der Waals surface area contributed by atoms with Crippen molar-refractivity contribution in [2.45, 2.75) is 66.3 Å². The minimum absolute atomic E-state index is 0.229. The third kappa shape index (κ3) is 7.95. The minimum Gasteiger partial charge on any atom is -0.357 e. The van der Waals surface area contributed by atoms with Crippen molar-refractivity contribution < 1.29 is 18.4 Å². The van der Waals surface area contributed by atoms with Gasteiger partial charge in [-0.15, -0.1) is 0 Å². The second kappa shape index (κ2) is 12.4. The van der Waals surface area contributed by atoms with Gasteiger partial charge in [0, 0.05) is 25.8 Å². The lowest BCUT2D eigenvalue weighted by Gasteiger charge is -2.31. The van der Waals surface area contributed by atoms with E-state index in [2.05, 4.69) is 27.4 Å². The molecule has 0 radical (unpaired) electrons. The largest absolute Gasteiger partial charge is 0.357 e. The number of likely N-dealkylation sites (tertiary alicyclic amines) is 1. The zero-order valence-electron chi connectivity index (χ0n) is 22.1. The zero-order valence-corrected chi connectivity index (χ0v) is 22.1. The van der Waals surface area contributed by atoms with Gasteiger partial charge in [0.05, 0.1) is 0 Å². The van der Waals surface area contributed by atoms with Crippen LogP contribution in [-0.2, 0) is 9.59 Å². The Labute approximate surface area is 208 Å². The number of halogens is 2. The molecule has 0 bridgehead atoms. The molecule has 2 amide bonds. The highest BCUT2D eigenvalue weighted by Gasteiger charge is 2.33. The maximum absolute atomic E-state index is 13.9. The maximum atomic E-state index is 13.9. The van der Waals surface area contributed by atoms with E-state index in [0.29, 0.717) is 30.2 Å². The Bertz CT molecular complexity index is 982. The fourth-order valence-corrected chi connectivity index (χ4v) is 4.40. The van der Waals surface area contributed by atoms with E-state index in [4.69, 9.17) is 0 Å². The number of benzene rings is 1. The average molecular weight is 491 g/mol. The standard InChI is InChI=1S/C27H40F2N4O2/c1-8-18-10-9-11-20(16-33(7)15-18)23(25(34)32-24(26(35)30-6)27(3,4)5)31-17(2)19-12-13-21(28)22(29)14-19/h12-14,18,24H,8-11,15-16H2,1-7H3,(H,30,35)(H,32,34)/b23-20+,31-17?/t18?,24-/m1/s1. The predicted molar refractivity (Wildman–Crippen MR) is 136 cm³/mol. The van der Waals surface area contributed by atoms with Crippen LogP contribution in [-0.4, -0.2) is 55.7 Å². The second-order valence-corrected chi connectivity index (χ2v) is 10.5. The van der Waals surface area contributed by atoms with Crippen molar-refractivity contribution in [2.75, 3.05) is 27.2 Å². The number of nitrogens with zero attached hydrogens (tertiary/aromatic N) is 2. The molecule has 1 aliphatic rings. The molecule has 2 atom stereocenters. The monoisotopic (exact) mass is 490 g/mol. The van der Waals surface area contributed by atoms with Crippen LogP contribution in [0.25, 0.3) is 0 Å². The fourth-order valence-electron chi connectivity index (χ4n) is 4.40.